The van der Waals surface area contributed by atoms with E-state index in [1.54, 1.807) is 12.4 Å². The average molecular weight is 497 g/mol. The summed E-state index contributed by atoms with van der Waals surface area (Å²) in [4.78, 5) is 54.3. The summed E-state index contributed by atoms with van der Waals surface area (Å²) in [5.74, 6) is -2.83. The SMILES string of the molecule is CO[C@@]1(NC(=O)CCCC(N)C(=O)O)C(=O)N2C(C(=O)O)=C(CSc3ccncc3)CS[C@H]21. The zero-order valence-corrected chi connectivity index (χ0v) is 19.4. The number of thioether (sulfide) groups is 2. The van der Waals surface area contributed by atoms with Crippen molar-refractivity contribution in [1.29, 1.82) is 0 Å². The van der Waals surface area contributed by atoms with Crippen molar-refractivity contribution in [2.45, 2.75) is 41.3 Å². The molecule has 1 aromatic rings. The largest absolute Gasteiger partial charge is 0.480 e. The first kappa shape index (κ1) is 25.0. The molecule has 0 spiro atoms. The van der Waals surface area contributed by atoms with Crippen molar-refractivity contribution in [3.63, 3.8) is 0 Å². The number of β-lactam (4-membered cyclic amide) rings is 1. The number of nitrogens with one attached hydrogen (secondary N) is 1. The molecule has 2 aliphatic heterocycles. The maximum Gasteiger partial charge on any atom is 0.352 e. The molecule has 11 nitrogen and oxygen atoms in total. The average Bonchev–Trinajstić information content (AvgIpc) is 2.80. The van der Waals surface area contributed by atoms with Gasteiger partial charge in [-0.05, 0) is 30.5 Å². The van der Waals surface area contributed by atoms with Crippen LogP contribution >= 0.6 is 23.5 Å². The van der Waals surface area contributed by atoms with E-state index in [9.17, 15) is 24.3 Å². The number of carboxylic acids is 2. The fraction of sp³-hybridized carbons (Fsp3) is 0.450. The molecule has 13 heteroatoms. The van der Waals surface area contributed by atoms with Crippen molar-refractivity contribution in [3.05, 3.63) is 35.8 Å². The van der Waals surface area contributed by atoms with E-state index in [1.165, 1.54) is 30.6 Å². The first-order valence-electron chi connectivity index (χ1n) is 9.99. The number of aromatic nitrogens is 1. The number of hydrogen-bond donors (Lipinski definition) is 4. The summed E-state index contributed by atoms with van der Waals surface area (Å²) in [6.07, 6.45) is 3.55. The molecule has 3 rings (SSSR count). The molecule has 0 saturated carbocycles. The molecule has 178 valence electrons. The summed E-state index contributed by atoms with van der Waals surface area (Å²) in [5.41, 5.74) is 4.25. The van der Waals surface area contributed by atoms with Gasteiger partial charge in [0.1, 0.15) is 17.1 Å². The van der Waals surface area contributed by atoms with Gasteiger partial charge in [-0.1, -0.05) is 0 Å². The van der Waals surface area contributed by atoms with Crippen LogP contribution in [0.4, 0.5) is 0 Å². The summed E-state index contributed by atoms with van der Waals surface area (Å²) in [5, 5.41) is 20.5. The Labute approximate surface area is 198 Å². The van der Waals surface area contributed by atoms with Gasteiger partial charge in [-0.15, -0.1) is 23.5 Å². The maximum absolute atomic E-state index is 13.1. The quantitative estimate of drug-likeness (QED) is 0.191. The molecular formula is C20H24N4O7S2. The predicted molar refractivity (Wildman–Crippen MR) is 120 cm³/mol. The number of pyridine rings is 1. The van der Waals surface area contributed by atoms with Crippen LogP contribution in [0.5, 0.6) is 0 Å². The van der Waals surface area contributed by atoms with Crippen LogP contribution in [0.15, 0.2) is 40.7 Å². The molecular weight excluding hydrogens is 472 g/mol. The van der Waals surface area contributed by atoms with Crippen molar-refractivity contribution in [2.75, 3.05) is 18.6 Å². The number of carbonyl (C=O) groups is 4. The Morgan fingerprint density at radius 2 is 2.09 bits per heavy atom. The van der Waals surface area contributed by atoms with Crippen LogP contribution in [0.2, 0.25) is 0 Å². The maximum atomic E-state index is 13.1. The first-order valence-corrected chi connectivity index (χ1v) is 12.0. The number of nitrogens with two attached hydrogens (primary N) is 1. The molecule has 3 heterocycles. The molecule has 2 aliphatic rings. The smallest absolute Gasteiger partial charge is 0.352 e. The second-order valence-corrected chi connectivity index (χ2v) is 9.51. The zero-order chi connectivity index (χ0) is 24.2. The molecule has 2 amide bonds. The Bertz CT molecular complexity index is 974. The second kappa shape index (κ2) is 10.5. The topological polar surface area (TPSA) is 172 Å². The molecule has 0 aliphatic carbocycles. The lowest BCUT2D eigenvalue weighted by Crippen LogP contribution is -2.80. The Hall–Kier alpha value is -2.61. The van der Waals surface area contributed by atoms with Crippen LogP contribution in [0.1, 0.15) is 19.3 Å². The Morgan fingerprint density at radius 3 is 2.70 bits per heavy atom. The van der Waals surface area contributed by atoms with E-state index in [4.69, 9.17) is 15.6 Å². The number of ether oxygens (including phenoxy) is 1. The van der Waals surface area contributed by atoms with Crippen LogP contribution in [0.25, 0.3) is 0 Å². The predicted octanol–water partition coefficient (Wildman–Crippen LogP) is 0.469. The minimum Gasteiger partial charge on any atom is -0.480 e. The standard InChI is InChI=1S/C20H24N4O7S2/c1-31-20(23-14(25)4-2-3-13(21)16(26)27)18(30)24-15(17(28)29)11(10-33-19(20)24)9-32-12-5-7-22-8-6-12/h5-8,13,19H,2-4,9-10,21H2,1H3,(H,23,25)(H,26,27)(H,28,29)/t13?,19-,20-/m0/s1. The van der Waals surface area contributed by atoms with Gasteiger partial charge in [0.2, 0.25) is 5.91 Å². The van der Waals surface area contributed by atoms with Crippen LogP contribution in [0.3, 0.4) is 0 Å². The lowest BCUT2D eigenvalue weighted by molar-refractivity contribution is -0.192. The van der Waals surface area contributed by atoms with E-state index in [0.717, 1.165) is 9.80 Å². The summed E-state index contributed by atoms with van der Waals surface area (Å²) >= 11 is 2.75. The first-order chi connectivity index (χ1) is 15.7. The Morgan fingerprint density at radius 1 is 1.39 bits per heavy atom. The molecule has 3 atom stereocenters. The van der Waals surface area contributed by atoms with E-state index in [1.807, 2.05) is 12.1 Å². The van der Waals surface area contributed by atoms with Gasteiger partial charge in [0, 0.05) is 42.3 Å². The van der Waals surface area contributed by atoms with Gasteiger partial charge in [0.25, 0.3) is 11.6 Å². The molecule has 5 N–H and O–H groups in total. The third kappa shape index (κ3) is 5.16. The number of carboxylic acid groups (broad SMARTS) is 2. The molecule has 33 heavy (non-hydrogen) atoms. The number of hydrogen-bond acceptors (Lipinski definition) is 9. The van der Waals surface area contributed by atoms with Gasteiger partial charge in [-0.25, -0.2) is 4.79 Å². The van der Waals surface area contributed by atoms with Gasteiger partial charge >= 0.3 is 11.9 Å². The van der Waals surface area contributed by atoms with E-state index >= 15 is 0 Å². The highest BCUT2D eigenvalue weighted by Crippen LogP contribution is 2.47. The fourth-order valence-corrected chi connectivity index (χ4v) is 6.00. The van der Waals surface area contributed by atoms with Crippen molar-refractivity contribution < 1.29 is 34.1 Å². The Balaban J connectivity index is 1.70. The van der Waals surface area contributed by atoms with Gasteiger partial charge in [-0.3, -0.25) is 24.3 Å². The number of methoxy groups -OCH3 is 1. The van der Waals surface area contributed by atoms with Crippen molar-refractivity contribution >= 4 is 47.3 Å². The molecule has 0 aromatic carbocycles. The number of amides is 2. The van der Waals surface area contributed by atoms with E-state index in [0.29, 0.717) is 17.1 Å². The summed E-state index contributed by atoms with van der Waals surface area (Å²) in [7, 11) is 1.27. The normalized spacial score (nSPS) is 22.9. The van der Waals surface area contributed by atoms with Crippen LogP contribution < -0.4 is 11.1 Å². The molecule has 1 saturated heterocycles. The second-order valence-electron chi connectivity index (χ2n) is 7.39. The van der Waals surface area contributed by atoms with Crippen LogP contribution in [-0.4, -0.2) is 79.6 Å². The summed E-state index contributed by atoms with van der Waals surface area (Å²) < 4.78 is 5.39. The number of fused-ring (bicyclic) bond motifs is 1. The van der Waals surface area contributed by atoms with Gasteiger partial charge < -0.3 is 26.0 Å². The molecule has 1 unspecified atom stereocenters. The number of aliphatic carboxylic acids is 2. The van der Waals surface area contributed by atoms with E-state index in [2.05, 4.69) is 10.3 Å². The van der Waals surface area contributed by atoms with E-state index < -0.39 is 40.9 Å². The lowest BCUT2D eigenvalue weighted by Gasteiger charge is -2.55. The van der Waals surface area contributed by atoms with Crippen LogP contribution in [-0.2, 0) is 23.9 Å². The number of carbonyl (C=O) groups excluding carboxylic acids is 2. The molecule has 0 radical (unpaired) electrons. The third-order valence-corrected chi connectivity index (χ3v) is 7.73. The molecule has 0 bridgehead atoms. The van der Waals surface area contributed by atoms with Crippen molar-refractivity contribution in [2.24, 2.45) is 5.73 Å². The molecule has 1 fully saturated rings. The Kier molecular flexibility index (Phi) is 8.00. The van der Waals surface area contributed by atoms with Crippen molar-refractivity contribution in [3.8, 4) is 0 Å². The van der Waals surface area contributed by atoms with Crippen LogP contribution in [0, 0.1) is 0 Å². The summed E-state index contributed by atoms with van der Waals surface area (Å²) in [6.45, 7) is 0. The van der Waals surface area contributed by atoms with Gasteiger partial charge in [0.05, 0.1) is 0 Å². The van der Waals surface area contributed by atoms with E-state index in [-0.39, 0.29) is 25.0 Å². The lowest BCUT2D eigenvalue weighted by atomic mass is 9.98. The highest BCUT2D eigenvalue weighted by Gasteiger charge is 2.66. The summed E-state index contributed by atoms with van der Waals surface area (Å²) in [6, 6.07) is 2.55. The van der Waals surface area contributed by atoms with Gasteiger partial charge in [0.15, 0.2) is 0 Å². The zero-order valence-electron chi connectivity index (χ0n) is 17.7. The highest BCUT2D eigenvalue weighted by atomic mass is 32.2. The van der Waals surface area contributed by atoms with Crippen molar-refractivity contribution in [1.82, 2.24) is 15.2 Å². The monoisotopic (exact) mass is 496 g/mol. The fourth-order valence-electron chi connectivity index (χ4n) is 3.53. The minimum atomic E-state index is -1.68. The van der Waals surface area contributed by atoms with Gasteiger partial charge in [-0.2, -0.15) is 0 Å². The minimum absolute atomic E-state index is 0.0494. The number of rotatable bonds is 11. The molecule has 1 aromatic heterocycles. The third-order valence-electron chi connectivity index (χ3n) is 5.26. The highest BCUT2D eigenvalue weighted by molar-refractivity contribution is 8.01. The number of nitrogens with zero attached hydrogens (tertiary/aromatic N) is 2.